The molecule has 0 aromatic carbocycles. The van der Waals surface area contributed by atoms with Crippen LogP contribution in [0.3, 0.4) is 0 Å². The fourth-order valence-corrected chi connectivity index (χ4v) is 3.54. The van der Waals surface area contributed by atoms with Crippen LogP contribution in [0.1, 0.15) is 79.1 Å². The van der Waals surface area contributed by atoms with Crippen molar-refractivity contribution in [2.24, 2.45) is 0 Å². The van der Waals surface area contributed by atoms with E-state index in [4.69, 9.17) is 18.1 Å². The molecule has 0 fully saturated rings. The molecule has 0 heterocycles. The molecule has 0 atom stereocenters. The van der Waals surface area contributed by atoms with Crippen LogP contribution in [-0.2, 0) is 39.2 Å². The topological polar surface area (TPSA) is 36.9 Å². The Balaban J connectivity index is -0.000000105. The Morgan fingerprint density at radius 3 is 0.606 bits per heavy atom. The molecule has 0 bridgehead atoms. The third-order valence-electron chi connectivity index (χ3n) is 3.39. The molecule has 0 aliphatic rings. The van der Waals surface area contributed by atoms with E-state index >= 15 is 0 Å². The van der Waals surface area contributed by atoms with Crippen LogP contribution in [0.4, 0.5) is 0 Å². The molecule has 33 heavy (non-hydrogen) atoms. The van der Waals surface area contributed by atoms with Gasteiger partial charge in [0.15, 0.2) is 0 Å². The maximum atomic E-state index is 5.35. The van der Waals surface area contributed by atoms with Gasteiger partial charge in [0, 0.05) is 53.7 Å². The van der Waals surface area contributed by atoms with Gasteiger partial charge in [-0.15, -0.1) is 0 Å². The minimum atomic E-state index is -0.112. The van der Waals surface area contributed by atoms with E-state index in [2.05, 4.69) is 81.0 Å². The molecule has 0 aromatic heterocycles. The predicted octanol–water partition coefficient (Wildman–Crippen LogP) is 9.84. The standard InChI is InChI=1S/4C6H15OP.Pt/c4*1-4-5-6-7-8(2)3;/h4*4-6H2,1-3H3;. The molecule has 0 aromatic rings. The van der Waals surface area contributed by atoms with Crippen molar-refractivity contribution in [1.82, 2.24) is 0 Å². The summed E-state index contributed by atoms with van der Waals surface area (Å²) in [6.45, 7) is 29.6. The third kappa shape index (κ3) is 72.0. The molecule has 0 amide bonds. The van der Waals surface area contributed by atoms with Gasteiger partial charge in [0.1, 0.15) is 0 Å². The monoisotopic (exact) mass is 731 g/mol. The Bertz CT molecular complexity index is 246. The van der Waals surface area contributed by atoms with E-state index in [0.29, 0.717) is 0 Å². The molecular formula is C24H60O4P4Pt. The van der Waals surface area contributed by atoms with Gasteiger partial charge < -0.3 is 18.1 Å². The van der Waals surface area contributed by atoms with E-state index in [-0.39, 0.29) is 53.7 Å². The Labute approximate surface area is 229 Å². The van der Waals surface area contributed by atoms with E-state index in [1.807, 2.05) is 0 Å². The normalized spacial score (nSPS) is 10.2. The molecule has 9 heteroatoms. The van der Waals surface area contributed by atoms with Crippen LogP contribution < -0.4 is 0 Å². The van der Waals surface area contributed by atoms with Gasteiger partial charge in [-0.25, -0.2) is 0 Å². The first-order chi connectivity index (χ1) is 15.1. The first-order valence-corrected chi connectivity index (χ1v) is 20.9. The molecule has 0 saturated heterocycles. The second-order valence-corrected chi connectivity index (χ2v) is 15.5. The maximum absolute atomic E-state index is 5.35. The molecule has 210 valence electrons. The van der Waals surface area contributed by atoms with Crippen LogP contribution in [-0.4, -0.2) is 79.7 Å². The minimum Gasteiger partial charge on any atom is -0.360 e. The minimum absolute atomic E-state index is 0. The maximum Gasteiger partial charge on any atom is 0.0508 e. The second-order valence-electron chi connectivity index (χ2n) is 8.00. The average Bonchev–Trinajstić information content (AvgIpc) is 2.69. The zero-order valence-electron chi connectivity index (χ0n) is 24.2. The van der Waals surface area contributed by atoms with Crippen molar-refractivity contribution >= 4 is 32.6 Å². The summed E-state index contributed by atoms with van der Waals surface area (Å²) in [6, 6.07) is 0. The summed E-state index contributed by atoms with van der Waals surface area (Å²) < 4.78 is 21.4. The summed E-state index contributed by atoms with van der Waals surface area (Å²) in [5.74, 6) is 0. The van der Waals surface area contributed by atoms with Crippen LogP contribution in [0, 0.1) is 0 Å². The molecule has 0 radical (unpaired) electrons. The fraction of sp³-hybridized carbons (Fsp3) is 1.00. The van der Waals surface area contributed by atoms with E-state index in [1.165, 1.54) is 51.4 Å². The van der Waals surface area contributed by atoms with Gasteiger partial charge in [0.2, 0.25) is 0 Å². The third-order valence-corrected chi connectivity index (χ3v) is 6.19. The number of rotatable bonds is 16. The van der Waals surface area contributed by atoms with Gasteiger partial charge in [0.25, 0.3) is 0 Å². The van der Waals surface area contributed by atoms with Crippen LogP contribution >= 0.6 is 32.6 Å². The molecule has 0 spiro atoms. The summed E-state index contributed by atoms with van der Waals surface area (Å²) in [7, 11) is -0.448. The van der Waals surface area contributed by atoms with Gasteiger partial charge in [-0.1, -0.05) is 53.4 Å². The quantitative estimate of drug-likeness (QED) is 0.117. The van der Waals surface area contributed by atoms with Crippen LogP contribution in [0.15, 0.2) is 0 Å². The van der Waals surface area contributed by atoms with Crippen molar-refractivity contribution < 1.29 is 39.2 Å². The Kier molecular flexibility index (Phi) is 56.7. The average molecular weight is 732 g/mol. The van der Waals surface area contributed by atoms with Crippen LogP contribution in [0.25, 0.3) is 0 Å². The van der Waals surface area contributed by atoms with Gasteiger partial charge in [-0.2, -0.15) is 0 Å². The first kappa shape index (κ1) is 45.2. The predicted molar refractivity (Wildman–Crippen MR) is 159 cm³/mol. The number of unbranched alkanes of at least 4 members (excludes halogenated alkanes) is 4. The molecule has 0 N–H and O–H groups in total. The largest absolute Gasteiger partial charge is 0.360 e. The van der Waals surface area contributed by atoms with Gasteiger partial charge in [-0.05, 0) is 79.0 Å². The molecule has 4 nitrogen and oxygen atoms in total. The smallest absolute Gasteiger partial charge is 0.0508 e. The van der Waals surface area contributed by atoms with Crippen molar-refractivity contribution in [3.05, 3.63) is 0 Å². The van der Waals surface area contributed by atoms with Crippen molar-refractivity contribution in [2.75, 3.05) is 79.7 Å². The Hall–Kier alpha value is 2.25. The molecule has 0 aliphatic heterocycles. The van der Waals surface area contributed by atoms with Gasteiger partial charge >= 0.3 is 0 Å². The number of hydrogen-bond donors (Lipinski definition) is 0. The summed E-state index contributed by atoms with van der Waals surface area (Å²) >= 11 is 0. The second kappa shape index (κ2) is 41.4. The van der Waals surface area contributed by atoms with Crippen LogP contribution in [0.5, 0.6) is 0 Å². The zero-order valence-corrected chi connectivity index (χ0v) is 30.1. The Morgan fingerprint density at radius 1 is 0.364 bits per heavy atom. The van der Waals surface area contributed by atoms with E-state index < -0.39 is 0 Å². The molecule has 0 aliphatic carbocycles. The summed E-state index contributed by atoms with van der Waals surface area (Å²) in [5.41, 5.74) is 0. The van der Waals surface area contributed by atoms with E-state index in [1.54, 1.807) is 0 Å². The molecular weight excluding hydrogens is 671 g/mol. The van der Waals surface area contributed by atoms with Crippen molar-refractivity contribution in [2.45, 2.75) is 79.1 Å². The Morgan fingerprint density at radius 2 is 0.515 bits per heavy atom. The first-order valence-electron chi connectivity index (χ1n) is 12.3. The van der Waals surface area contributed by atoms with Gasteiger partial charge in [-0.3, -0.25) is 0 Å². The SMILES string of the molecule is CCCCOP(C)C.CCCCOP(C)C.CCCCOP(C)C.CCCCOP(C)C.[Pt]. The molecule has 0 unspecified atom stereocenters. The van der Waals surface area contributed by atoms with Gasteiger partial charge in [0.05, 0.1) is 26.4 Å². The molecule has 0 saturated carbocycles. The number of hydrogen-bond acceptors (Lipinski definition) is 4. The molecule has 0 rings (SSSR count). The fourth-order valence-electron chi connectivity index (χ4n) is 1.57. The summed E-state index contributed by atoms with van der Waals surface area (Å²) in [4.78, 5) is 0. The zero-order chi connectivity index (χ0) is 25.6. The van der Waals surface area contributed by atoms with Crippen LogP contribution in [0.2, 0.25) is 0 Å². The van der Waals surface area contributed by atoms with E-state index in [9.17, 15) is 0 Å². The van der Waals surface area contributed by atoms with Crippen molar-refractivity contribution in [1.29, 1.82) is 0 Å². The summed E-state index contributed by atoms with van der Waals surface area (Å²) in [6.07, 6.45) is 9.79. The van der Waals surface area contributed by atoms with Crippen molar-refractivity contribution in [3.63, 3.8) is 0 Å². The summed E-state index contributed by atoms with van der Waals surface area (Å²) in [5, 5.41) is 0. The van der Waals surface area contributed by atoms with E-state index in [0.717, 1.165) is 26.4 Å². The van der Waals surface area contributed by atoms with Crippen molar-refractivity contribution in [3.8, 4) is 0 Å².